The molecular formula is C21H19ClN2O3. The van der Waals surface area contributed by atoms with Gasteiger partial charge in [0.1, 0.15) is 5.75 Å². The first-order valence-electron chi connectivity index (χ1n) is 8.46. The summed E-state index contributed by atoms with van der Waals surface area (Å²) in [7, 11) is 0. The van der Waals surface area contributed by atoms with Crippen LogP contribution in [-0.4, -0.2) is 27.4 Å². The Morgan fingerprint density at radius 2 is 1.85 bits per heavy atom. The Morgan fingerprint density at radius 1 is 1.15 bits per heavy atom. The number of rotatable bonds is 6. The molecule has 0 saturated carbocycles. The van der Waals surface area contributed by atoms with Gasteiger partial charge in [-0.2, -0.15) is 5.10 Å². The zero-order valence-electron chi connectivity index (χ0n) is 14.9. The van der Waals surface area contributed by atoms with Gasteiger partial charge in [0.25, 0.3) is 0 Å². The minimum atomic E-state index is -0.972. The zero-order chi connectivity index (χ0) is 19.4. The molecule has 1 aromatic heterocycles. The number of H-pyrrole nitrogens is 1. The highest BCUT2D eigenvalue weighted by molar-refractivity contribution is 6.32. The topological polar surface area (TPSA) is 75.2 Å². The molecule has 5 nitrogen and oxygen atoms in total. The molecule has 2 aromatic carbocycles. The van der Waals surface area contributed by atoms with Crippen molar-refractivity contribution in [2.75, 3.05) is 0 Å². The van der Waals surface area contributed by atoms with Crippen molar-refractivity contribution in [2.45, 2.75) is 20.0 Å². The number of benzene rings is 2. The van der Waals surface area contributed by atoms with E-state index in [9.17, 15) is 4.79 Å². The maximum Gasteiger partial charge on any atom is 0.328 e. The van der Waals surface area contributed by atoms with Crippen molar-refractivity contribution < 1.29 is 14.6 Å². The van der Waals surface area contributed by atoms with Gasteiger partial charge in [-0.05, 0) is 55.3 Å². The van der Waals surface area contributed by atoms with E-state index in [0.717, 1.165) is 34.2 Å². The molecule has 0 saturated heterocycles. The molecule has 6 heteroatoms. The SMILES string of the molecule is CC(C)Oc1ccc(-c2cc(-c3ccc(/C=C\C(=O)O)cc3)[nH]n2)cc1Cl. The number of nitrogens with one attached hydrogen (secondary N) is 1. The van der Waals surface area contributed by atoms with Crippen LogP contribution in [0.3, 0.4) is 0 Å². The van der Waals surface area contributed by atoms with E-state index in [2.05, 4.69) is 10.2 Å². The van der Waals surface area contributed by atoms with Crippen LogP contribution in [-0.2, 0) is 4.79 Å². The number of aromatic amines is 1. The van der Waals surface area contributed by atoms with Crippen molar-refractivity contribution in [3.63, 3.8) is 0 Å². The van der Waals surface area contributed by atoms with Gasteiger partial charge in [-0.25, -0.2) is 4.79 Å². The maximum atomic E-state index is 10.6. The van der Waals surface area contributed by atoms with Crippen molar-refractivity contribution in [3.8, 4) is 28.3 Å². The van der Waals surface area contributed by atoms with Gasteiger partial charge >= 0.3 is 5.97 Å². The number of hydrogen-bond donors (Lipinski definition) is 2. The highest BCUT2D eigenvalue weighted by Gasteiger charge is 2.10. The van der Waals surface area contributed by atoms with Crippen molar-refractivity contribution in [3.05, 3.63) is 65.2 Å². The molecule has 0 aliphatic heterocycles. The molecule has 0 aliphatic carbocycles. The third-order valence-electron chi connectivity index (χ3n) is 3.81. The predicted molar refractivity (Wildman–Crippen MR) is 107 cm³/mol. The normalized spacial score (nSPS) is 11.3. The van der Waals surface area contributed by atoms with E-state index in [-0.39, 0.29) is 6.10 Å². The maximum absolute atomic E-state index is 10.6. The van der Waals surface area contributed by atoms with Crippen molar-refractivity contribution in [2.24, 2.45) is 0 Å². The monoisotopic (exact) mass is 382 g/mol. The molecule has 2 N–H and O–H groups in total. The quantitative estimate of drug-likeness (QED) is 0.568. The lowest BCUT2D eigenvalue weighted by Crippen LogP contribution is -2.05. The first-order valence-corrected chi connectivity index (χ1v) is 8.83. The minimum absolute atomic E-state index is 0.0543. The number of hydrogen-bond acceptors (Lipinski definition) is 3. The van der Waals surface area contributed by atoms with E-state index in [1.54, 1.807) is 6.08 Å². The van der Waals surface area contributed by atoms with Gasteiger partial charge in [-0.3, -0.25) is 5.10 Å². The van der Waals surface area contributed by atoms with E-state index in [1.807, 2.05) is 62.4 Å². The molecule has 3 aromatic rings. The van der Waals surface area contributed by atoms with E-state index in [1.165, 1.54) is 0 Å². The Balaban J connectivity index is 1.80. The first kappa shape index (κ1) is 18.7. The number of ether oxygens (including phenoxy) is 1. The van der Waals surface area contributed by atoms with Crippen LogP contribution in [0.25, 0.3) is 28.6 Å². The van der Waals surface area contributed by atoms with Gasteiger partial charge in [0, 0.05) is 11.6 Å². The second-order valence-corrected chi connectivity index (χ2v) is 6.68. The molecule has 0 bridgehead atoms. The summed E-state index contributed by atoms with van der Waals surface area (Å²) in [5.74, 6) is -0.322. The third-order valence-corrected chi connectivity index (χ3v) is 4.10. The summed E-state index contributed by atoms with van der Waals surface area (Å²) in [6.45, 7) is 3.90. The lowest BCUT2D eigenvalue weighted by atomic mass is 10.1. The van der Waals surface area contributed by atoms with Crippen LogP contribution in [0.15, 0.2) is 54.6 Å². The van der Waals surface area contributed by atoms with Gasteiger partial charge in [0.2, 0.25) is 0 Å². The summed E-state index contributed by atoms with van der Waals surface area (Å²) in [6, 6.07) is 15.1. The first-order chi connectivity index (χ1) is 12.9. The Hall–Kier alpha value is -3.05. The number of carboxylic acid groups (broad SMARTS) is 1. The summed E-state index contributed by atoms with van der Waals surface area (Å²) >= 11 is 6.31. The highest BCUT2D eigenvalue weighted by Crippen LogP contribution is 2.31. The largest absolute Gasteiger partial charge is 0.489 e. The number of carbonyl (C=O) groups is 1. The average molecular weight is 383 g/mol. The van der Waals surface area contributed by atoms with Crippen LogP contribution in [0.1, 0.15) is 19.4 Å². The predicted octanol–water partition coefficient (Wildman–Crippen LogP) is 5.28. The number of carboxylic acids is 1. The number of nitrogens with zero attached hydrogens (tertiary/aromatic N) is 1. The van der Waals surface area contributed by atoms with Gasteiger partial charge in [0.15, 0.2) is 0 Å². The van der Waals surface area contributed by atoms with E-state index >= 15 is 0 Å². The molecule has 1 heterocycles. The second kappa shape index (κ2) is 8.10. The van der Waals surface area contributed by atoms with E-state index in [0.29, 0.717) is 10.8 Å². The van der Waals surface area contributed by atoms with Crippen LogP contribution >= 0.6 is 11.6 Å². The van der Waals surface area contributed by atoms with Gasteiger partial charge in [0.05, 0.1) is 22.5 Å². The minimum Gasteiger partial charge on any atom is -0.489 e. The van der Waals surface area contributed by atoms with Crippen LogP contribution in [0, 0.1) is 0 Å². The summed E-state index contributed by atoms with van der Waals surface area (Å²) in [5, 5.41) is 16.6. The number of halogens is 1. The second-order valence-electron chi connectivity index (χ2n) is 6.27. The van der Waals surface area contributed by atoms with Gasteiger partial charge in [-0.1, -0.05) is 35.9 Å². The van der Waals surface area contributed by atoms with Crippen molar-refractivity contribution >= 4 is 23.6 Å². The van der Waals surface area contributed by atoms with Crippen LogP contribution in [0.5, 0.6) is 5.75 Å². The number of aromatic nitrogens is 2. The Morgan fingerprint density at radius 3 is 2.48 bits per heavy atom. The van der Waals surface area contributed by atoms with Gasteiger partial charge < -0.3 is 9.84 Å². The Bertz CT molecular complexity index is 975. The Kier molecular flexibility index (Phi) is 5.62. The molecule has 0 amide bonds. The lowest BCUT2D eigenvalue weighted by molar-refractivity contribution is -0.131. The number of aliphatic carboxylic acids is 1. The fraction of sp³-hybridized carbons (Fsp3) is 0.143. The summed E-state index contributed by atoms with van der Waals surface area (Å²) in [5.41, 5.74) is 4.29. The fourth-order valence-corrected chi connectivity index (χ4v) is 2.79. The molecule has 0 aliphatic rings. The third kappa shape index (κ3) is 4.77. The van der Waals surface area contributed by atoms with Crippen LogP contribution in [0.2, 0.25) is 5.02 Å². The van der Waals surface area contributed by atoms with Crippen LogP contribution in [0.4, 0.5) is 0 Å². The van der Waals surface area contributed by atoms with Gasteiger partial charge in [-0.15, -0.1) is 0 Å². The molecule has 0 unspecified atom stereocenters. The molecule has 0 spiro atoms. The molecule has 27 heavy (non-hydrogen) atoms. The highest BCUT2D eigenvalue weighted by atomic mass is 35.5. The molecule has 0 radical (unpaired) electrons. The fourth-order valence-electron chi connectivity index (χ4n) is 2.57. The summed E-state index contributed by atoms with van der Waals surface area (Å²) < 4.78 is 5.65. The summed E-state index contributed by atoms with van der Waals surface area (Å²) in [6.07, 6.45) is 2.71. The van der Waals surface area contributed by atoms with Crippen molar-refractivity contribution in [1.82, 2.24) is 10.2 Å². The molecule has 3 rings (SSSR count). The molecule has 0 atom stereocenters. The van der Waals surface area contributed by atoms with E-state index < -0.39 is 5.97 Å². The molecule has 138 valence electrons. The zero-order valence-corrected chi connectivity index (χ0v) is 15.7. The Labute approximate surface area is 162 Å². The lowest BCUT2D eigenvalue weighted by Gasteiger charge is -2.11. The molecular weight excluding hydrogens is 364 g/mol. The van der Waals surface area contributed by atoms with Crippen molar-refractivity contribution in [1.29, 1.82) is 0 Å². The van der Waals surface area contributed by atoms with Crippen LogP contribution < -0.4 is 4.74 Å². The molecule has 0 fully saturated rings. The van der Waals surface area contributed by atoms with E-state index in [4.69, 9.17) is 21.4 Å². The standard InChI is InChI=1S/C21H19ClN2O3/c1-13(2)27-20-9-8-16(11-17(20)22)19-12-18(23-24-19)15-6-3-14(4-7-15)5-10-21(25)26/h3-13H,1-2H3,(H,23,24)(H,25,26)/b10-5-. The average Bonchev–Trinajstić information content (AvgIpc) is 3.12. The smallest absolute Gasteiger partial charge is 0.328 e. The summed E-state index contributed by atoms with van der Waals surface area (Å²) in [4.78, 5) is 10.6.